The molecule has 0 unspecified atom stereocenters. The lowest BCUT2D eigenvalue weighted by Gasteiger charge is -2.11. The normalized spacial score (nSPS) is 11.4. The maximum absolute atomic E-state index is 11.3. The molecule has 5 nitrogen and oxygen atoms in total. The number of fused-ring (bicyclic) bond motifs is 1. The molecule has 2 aromatic carbocycles. The van der Waals surface area contributed by atoms with Gasteiger partial charge in [-0.15, -0.1) is 0 Å². The van der Waals surface area contributed by atoms with Crippen molar-refractivity contribution < 1.29 is 13.2 Å². The Morgan fingerprint density at radius 2 is 1.83 bits per heavy atom. The van der Waals surface area contributed by atoms with E-state index in [2.05, 4.69) is 10.3 Å². The van der Waals surface area contributed by atoms with Crippen molar-refractivity contribution in [1.29, 1.82) is 0 Å². The summed E-state index contributed by atoms with van der Waals surface area (Å²) in [6.45, 7) is 0.349. The van der Waals surface area contributed by atoms with Crippen molar-refractivity contribution in [1.82, 2.24) is 4.98 Å². The van der Waals surface area contributed by atoms with E-state index in [0.29, 0.717) is 12.3 Å². The van der Waals surface area contributed by atoms with E-state index < -0.39 is 9.84 Å². The minimum Gasteiger partial charge on any atom is -0.457 e. The summed E-state index contributed by atoms with van der Waals surface area (Å²) in [6, 6.07) is 17.0. The predicted octanol–water partition coefficient (Wildman–Crippen LogP) is 3.48. The van der Waals surface area contributed by atoms with Crippen LogP contribution < -0.4 is 10.1 Å². The Bertz CT molecular complexity index is 941. The number of hydrogen-bond acceptors (Lipinski definition) is 5. The molecule has 0 saturated heterocycles. The van der Waals surface area contributed by atoms with Gasteiger partial charge in [-0.25, -0.2) is 8.42 Å². The molecule has 3 rings (SSSR count). The van der Waals surface area contributed by atoms with E-state index in [9.17, 15) is 8.42 Å². The maximum atomic E-state index is 11.3. The smallest absolute Gasteiger partial charge is 0.149 e. The Hall–Kier alpha value is -2.60. The fourth-order valence-corrected chi connectivity index (χ4v) is 2.81. The molecule has 0 fully saturated rings. The average Bonchev–Trinajstić information content (AvgIpc) is 2.55. The monoisotopic (exact) mass is 342 g/mol. The van der Waals surface area contributed by atoms with Gasteiger partial charge < -0.3 is 10.1 Å². The van der Waals surface area contributed by atoms with Gasteiger partial charge in [0.2, 0.25) is 0 Å². The van der Waals surface area contributed by atoms with Gasteiger partial charge in [0.05, 0.1) is 11.3 Å². The lowest BCUT2D eigenvalue weighted by molar-refractivity contribution is 0.483. The number of nitrogens with one attached hydrogen (secondary N) is 1. The summed E-state index contributed by atoms with van der Waals surface area (Å²) in [7, 11) is -3.00. The Kier molecular flexibility index (Phi) is 4.66. The third kappa shape index (κ3) is 4.23. The Morgan fingerprint density at radius 1 is 1.04 bits per heavy atom. The molecule has 6 heteroatoms. The number of pyridine rings is 1. The number of sulfone groups is 1. The first-order valence-electron chi connectivity index (χ1n) is 7.54. The molecule has 1 N–H and O–H groups in total. The molecule has 124 valence electrons. The molecule has 0 bridgehead atoms. The number of rotatable bonds is 6. The molecule has 0 aliphatic rings. The minimum absolute atomic E-state index is 0.0804. The Labute approximate surface area is 141 Å². The molecule has 1 heterocycles. The van der Waals surface area contributed by atoms with Gasteiger partial charge in [0, 0.05) is 30.1 Å². The SMILES string of the molecule is CS(=O)(=O)CCNc1ccnc2ccc(Oc3ccccc3)cc12. The highest BCUT2D eigenvalue weighted by atomic mass is 32.2. The molecule has 0 atom stereocenters. The van der Waals surface area contributed by atoms with Crippen LogP contribution >= 0.6 is 0 Å². The van der Waals surface area contributed by atoms with Crippen LogP contribution in [0.15, 0.2) is 60.8 Å². The van der Waals surface area contributed by atoms with Gasteiger partial charge in [0.25, 0.3) is 0 Å². The second-order valence-corrected chi connectivity index (χ2v) is 7.77. The van der Waals surface area contributed by atoms with Gasteiger partial charge in [-0.05, 0) is 36.4 Å². The molecule has 1 aromatic heterocycles. The summed E-state index contributed by atoms with van der Waals surface area (Å²) in [6.07, 6.45) is 2.92. The van der Waals surface area contributed by atoms with Crippen LogP contribution in [0.1, 0.15) is 0 Å². The van der Waals surface area contributed by atoms with Crippen LogP contribution in [0.3, 0.4) is 0 Å². The molecular weight excluding hydrogens is 324 g/mol. The summed E-state index contributed by atoms with van der Waals surface area (Å²) in [5, 5.41) is 4.05. The molecule has 0 radical (unpaired) electrons. The molecule has 0 saturated carbocycles. The lowest BCUT2D eigenvalue weighted by atomic mass is 10.1. The van der Waals surface area contributed by atoms with Gasteiger partial charge in [0.1, 0.15) is 21.3 Å². The highest BCUT2D eigenvalue weighted by Crippen LogP contribution is 2.28. The first-order valence-corrected chi connectivity index (χ1v) is 9.61. The fraction of sp³-hybridized carbons (Fsp3) is 0.167. The number of aromatic nitrogens is 1. The van der Waals surface area contributed by atoms with Crippen LogP contribution in [-0.4, -0.2) is 32.0 Å². The lowest BCUT2D eigenvalue weighted by Crippen LogP contribution is -2.14. The molecule has 3 aromatic rings. The van der Waals surface area contributed by atoms with Crippen LogP contribution in [0.2, 0.25) is 0 Å². The van der Waals surface area contributed by atoms with Gasteiger partial charge >= 0.3 is 0 Å². The third-order valence-corrected chi connectivity index (χ3v) is 4.43. The van der Waals surface area contributed by atoms with Crippen molar-refractivity contribution in [2.45, 2.75) is 0 Å². The van der Waals surface area contributed by atoms with Crippen LogP contribution in [0.5, 0.6) is 11.5 Å². The number of ether oxygens (including phenoxy) is 1. The molecule has 0 spiro atoms. The van der Waals surface area contributed by atoms with Crippen molar-refractivity contribution in [2.24, 2.45) is 0 Å². The number of hydrogen-bond donors (Lipinski definition) is 1. The number of benzene rings is 2. The van der Waals surface area contributed by atoms with E-state index >= 15 is 0 Å². The fourth-order valence-electron chi connectivity index (χ4n) is 2.34. The van der Waals surface area contributed by atoms with E-state index in [1.165, 1.54) is 6.26 Å². The van der Waals surface area contributed by atoms with E-state index in [1.807, 2.05) is 54.6 Å². The third-order valence-electron chi connectivity index (χ3n) is 3.48. The van der Waals surface area contributed by atoms with Crippen molar-refractivity contribution in [2.75, 3.05) is 23.9 Å². The van der Waals surface area contributed by atoms with Gasteiger partial charge in [0.15, 0.2) is 0 Å². The van der Waals surface area contributed by atoms with Crippen LogP contribution in [0.4, 0.5) is 5.69 Å². The Morgan fingerprint density at radius 3 is 2.58 bits per heavy atom. The summed E-state index contributed by atoms with van der Waals surface area (Å²) >= 11 is 0. The molecular formula is C18H18N2O3S. The van der Waals surface area contributed by atoms with Crippen molar-refractivity contribution in [3.05, 3.63) is 60.8 Å². The summed E-state index contributed by atoms with van der Waals surface area (Å²) in [5.74, 6) is 1.54. The second-order valence-electron chi connectivity index (χ2n) is 5.51. The topological polar surface area (TPSA) is 68.3 Å². The standard InChI is InChI=1S/C18H18N2O3S/c1-24(21,22)12-11-20-18-9-10-19-17-8-7-15(13-16(17)18)23-14-5-3-2-4-6-14/h2-10,13H,11-12H2,1H3,(H,19,20). The van der Waals surface area contributed by atoms with Crippen LogP contribution in [0.25, 0.3) is 10.9 Å². The number of nitrogens with zero attached hydrogens (tertiary/aromatic N) is 1. The highest BCUT2D eigenvalue weighted by Gasteiger charge is 2.06. The van der Waals surface area contributed by atoms with Crippen LogP contribution in [-0.2, 0) is 9.84 Å². The maximum Gasteiger partial charge on any atom is 0.149 e. The van der Waals surface area contributed by atoms with E-state index in [-0.39, 0.29) is 5.75 Å². The quantitative estimate of drug-likeness (QED) is 0.743. The zero-order valence-corrected chi connectivity index (χ0v) is 14.1. The largest absolute Gasteiger partial charge is 0.457 e. The number of anilines is 1. The predicted molar refractivity (Wildman–Crippen MR) is 96.5 cm³/mol. The zero-order chi connectivity index (χ0) is 17.0. The van der Waals surface area contributed by atoms with E-state index in [1.54, 1.807) is 6.20 Å². The molecule has 0 aliphatic heterocycles. The Balaban J connectivity index is 1.85. The van der Waals surface area contributed by atoms with Crippen molar-refractivity contribution in [3.8, 4) is 11.5 Å². The number of para-hydroxylation sites is 1. The second kappa shape index (κ2) is 6.88. The first-order chi connectivity index (χ1) is 11.5. The summed E-state index contributed by atoms with van der Waals surface area (Å²) in [4.78, 5) is 4.33. The zero-order valence-electron chi connectivity index (χ0n) is 13.3. The first kappa shape index (κ1) is 16.3. The highest BCUT2D eigenvalue weighted by molar-refractivity contribution is 7.90. The summed E-state index contributed by atoms with van der Waals surface area (Å²) < 4.78 is 28.4. The van der Waals surface area contributed by atoms with Crippen molar-refractivity contribution >= 4 is 26.4 Å². The van der Waals surface area contributed by atoms with Gasteiger partial charge in [-0.2, -0.15) is 0 Å². The van der Waals surface area contributed by atoms with Crippen LogP contribution in [0, 0.1) is 0 Å². The summed E-state index contributed by atoms with van der Waals surface area (Å²) in [5.41, 5.74) is 1.65. The minimum atomic E-state index is -3.00. The van der Waals surface area contributed by atoms with E-state index in [0.717, 1.165) is 22.3 Å². The van der Waals surface area contributed by atoms with Gasteiger partial charge in [-0.1, -0.05) is 18.2 Å². The van der Waals surface area contributed by atoms with Gasteiger partial charge in [-0.3, -0.25) is 4.98 Å². The molecule has 0 amide bonds. The molecule has 0 aliphatic carbocycles. The van der Waals surface area contributed by atoms with Crippen molar-refractivity contribution in [3.63, 3.8) is 0 Å². The molecule has 24 heavy (non-hydrogen) atoms. The van der Waals surface area contributed by atoms with E-state index in [4.69, 9.17) is 4.74 Å². The average molecular weight is 342 g/mol.